The molecule has 0 radical (unpaired) electrons. The standard InChI is InChI=1S/C25H25Cl2N3O2S/c1-5-25(3,4)14-9-10-15-16(12-28)24(33-19(15)11-14)29-23(31)20-13(2)32-30-22(20)21-17(26)7-6-8-18(21)27/h6-8,14H,5,9-11H2,1-4H3,(H,29,31)/t14-/m0/s1. The number of nitrogens with one attached hydrogen (secondary N) is 1. The molecule has 33 heavy (non-hydrogen) atoms. The van der Waals surface area contributed by atoms with Crippen molar-refractivity contribution in [2.45, 2.75) is 53.4 Å². The van der Waals surface area contributed by atoms with E-state index >= 15 is 0 Å². The number of thiophene rings is 1. The smallest absolute Gasteiger partial charge is 0.262 e. The molecule has 8 heteroatoms. The normalized spacial score (nSPS) is 15.7. The summed E-state index contributed by atoms with van der Waals surface area (Å²) in [7, 11) is 0. The third kappa shape index (κ3) is 4.30. The topological polar surface area (TPSA) is 78.9 Å². The van der Waals surface area contributed by atoms with Gasteiger partial charge in [0.2, 0.25) is 0 Å². The minimum atomic E-state index is -0.403. The molecule has 1 atom stereocenters. The zero-order valence-electron chi connectivity index (χ0n) is 19.0. The van der Waals surface area contributed by atoms with Crippen molar-refractivity contribution in [2.75, 3.05) is 5.32 Å². The van der Waals surface area contributed by atoms with Crippen molar-refractivity contribution in [1.82, 2.24) is 5.16 Å². The molecule has 0 unspecified atom stereocenters. The van der Waals surface area contributed by atoms with Crippen LogP contribution in [0.15, 0.2) is 22.7 Å². The lowest BCUT2D eigenvalue weighted by Crippen LogP contribution is -2.28. The second-order valence-electron chi connectivity index (χ2n) is 9.11. The van der Waals surface area contributed by atoms with Crippen LogP contribution in [-0.4, -0.2) is 11.1 Å². The molecule has 0 spiro atoms. The predicted octanol–water partition coefficient (Wildman–Crippen LogP) is 7.68. The zero-order valence-corrected chi connectivity index (χ0v) is 21.3. The molecule has 1 amide bonds. The maximum atomic E-state index is 13.4. The lowest BCUT2D eigenvalue weighted by atomic mass is 9.69. The van der Waals surface area contributed by atoms with Crippen LogP contribution in [0.2, 0.25) is 10.0 Å². The monoisotopic (exact) mass is 501 g/mol. The number of nitriles is 1. The summed E-state index contributed by atoms with van der Waals surface area (Å²) >= 11 is 14.2. The van der Waals surface area contributed by atoms with Gasteiger partial charge in [-0.15, -0.1) is 11.3 Å². The first kappa shape index (κ1) is 23.8. The number of hydrogen-bond donors (Lipinski definition) is 1. The number of carbonyl (C=O) groups is 1. The van der Waals surface area contributed by atoms with Gasteiger partial charge >= 0.3 is 0 Å². The van der Waals surface area contributed by atoms with Crippen LogP contribution in [0, 0.1) is 29.6 Å². The van der Waals surface area contributed by atoms with Gasteiger partial charge in [-0.05, 0) is 55.2 Å². The average Bonchev–Trinajstić information content (AvgIpc) is 3.32. The van der Waals surface area contributed by atoms with Gasteiger partial charge in [-0.2, -0.15) is 5.26 Å². The molecular formula is C25H25Cl2N3O2S. The molecule has 4 rings (SSSR count). The first-order valence-electron chi connectivity index (χ1n) is 10.9. The molecule has 5 nitrogen and oxygen atoms in total. The van der Waals surface area contributed by atoms with Crippen molar-refractivity contribution in [3.8, 4) is 17.3 Å². The van der Waals surface area contributed by atoms with E-state index in [1.807, 2.05) is 0 Å². The van der Waals surface area contributed by atoms with Crippen LogP contribution >= 0.6 is 34.5 Å². The molecule has 1 aromatic carbocycles. The zero-order chi connectivity index (χ0) is 23.9. The minimum absolute atomic E-state index is 0.237. The van der Waals surface area contributed by atoms with Crippen LogP contribution in [0.5, 0.6) is 0 Å². The molecule has 2 heterocycles. The van der Waals surface area contributed by atoms with Gasteiger partial charge in [0.25, 0.3) is 5.91 Å². The largest absolute Gasteiger partial charge is 0.360 e. The van der Waals surface area contributed by atoms with Crippen molar-refractivity contribution in [3.63, 3.8) is 0 Å². The first-order valence-corrected chi connectivity index (χ1v) is 12.5. The Hall–Kier alpha value is -2.33. The summed E-state index contributed by atoms with van der Waals surface area (Å²) in [6.45, 7) is 8.50. The Kier molecular flexibility index (Phi) is 6.59. The average molecular weight is 502 g/mol. The number of rotatable bonds is 5. The van der Waals surface area contributed by atoms with Gasteiger partial charge in [0.15, 0.2) is 0 Å². The Bertz CT molecular complexity index is 1250. The maximum absolute atomic E-state index is 13.4. The van der Waals surface area contributed by atoms with Gasteiger partial charge in [-0.25, -0.2) is 0 Å². The Morgan fingerprint density at radius 2 is 2.06 bits per heavy atom. The van der Waals surface area contributed by atoms with Gasteiger partial charge in [-0.1, -0.05) is 61.6 Å². The molecule has 2 aromatic heterocycles. The molecule has 0 bridgehead atoms. The van der Waals surface area contributed by atoms with Crippen molar-refractivity contribution in [2.24, 2.45) is 11.3 Å². The fraction of sp³-hybridized carbons (Fsp3) is 0.400. The SMILES string of the molecule is CCC(C)(C)[C@H]1CCc2c(sc(NC(=O)c3c(-c4c(Cl)cccc4Cl)noc3C)c2C#N)C1. The van der Waals surface area contributed by atoms with Gasteiger partial charge in [-0.3, -0.25) is 4.79 Å². The summed E-state index contributed by atoms with van der Waals surface area (Å²) in [5.74, 6) is 0.501. The van der Waals surface area contributed by atoms with Crippen molar-refractivity contribution >= 4 is 45.4 Å². The summed E-state index contributed by atoms with van der Waals surface area (Å²) in [6.07, 6.45) is 3.93. The number of amides is 1. The van der Waals surface area contributed by atoms with E-state index in [1.165, 1.54) is 16.2 Å². The second kappa shape index (κ2) is 9.13. The van der Waals surface area contributed by atoms with E-state index < -0.39 is 5.91 Å². The molecule has 1 aliphatic carbocycles. The predicted molar refractivity (Wildman–Crippen MR) is 133 cm³/mol. The summed E-state index contributed by atoms with van der Waals surface area (Å²) in [5, 5.41) is 18.2. The highest BCUT2D eigenvalue weighted by Crippen LogP contribution is 2.45. The molecule has 1 N–H and O–H groups in total. The van der Waals surface area contributed by atoms with Crippen LogP contribution in [0.4, 0.5) is 5.00 Å². The summed E-state index contributed by atoms with van der Waals surface area (Å²) in [6, 6.07) is 7.41. The highest BCUT2D eigenvalue weighted by atomic mass is 35.5. The van der Waals surface area contributed by atoms with E-state index in [1.54, 1.807) is 25.1 Å². The number of aryl methyl sites for hydroxylation is 1. The van der Waals surface area contributed by atoms with Crippen LogP contribution in [0.3, 0.4) is 0 Å². The molecule has 3 aromatic rings. The van der Waals surface area contributed by atoms with Gasteiger partial charge in [0, 0.05) is 10.4 Å². The van der Waals surface area contributed by atoms with E-state index in [4.69, 9.17) is 27.7 Å². The van der Waals surface area contributed by atoms with Gasteiger partial charge in [0.05, 0.1) is 15.6 Å². The van der Waals surface area contributed by atoms with E-state index in [9.17, 15) is 10.1 Å². The molecule has 1 aliphatic rings. The van der Waals surface area contributed by atoms with Gasteiger partial charge in [0.1, 0.15) is 28.1 Å². The minimum Gasteiger partial charge on any atom is -0.360 e. The third-order valence-corrected chi connectivity index (χ3v) is 8.71. The van der Waals surface area contributed by atoms with Crippen LogP contribution in [0.1, 0.15) is 65.7 Å². The molecule has 172 valence electrons. The van der Waals surface area contributed by atoms with Crippen molar-refractivity contribution in [3.05, 3.63) is 55.6 Å². The third-order valence-electron chi connectivity index (χ3n) is 6.91. The van der Waals surface area contributed by atoms with E-state index in [0.717, 1.165) is 31.2 Å². The lowest BCUT2D eigenvalue weighted by Gasteiger charge is -2.36. The number of halogens is 2. The van der Waals surface area contributed by atoms with Crippen LogP contribution < -0.4 is 5.32 Å². The lowest BCUT2D eigenvalue weighted by molar-refractivity contribution is 0.102. The highest BCUT2D eigenvalue weighted by Gasteiger charge is 2.34. The van der Waals surface area contributed by atoms with Gasteiger partial charge < -0.3 is 9.84 Å². The number of aromatic nitrogens is 1. The van der Waals surface area contributed by atoms with Crippen LogP contribution in [-0.2, 0) is 12.8 Å². The second-order valence-corrected chi connectivity index (χ2v) is 11.0. The number of anilines is 1. The van der Waals surface area contributed by atoms with E-state index in [0.29, 0.717) is 37.9 Å². The Balaban J connectivity index is 1.68. The quantitative estimate of drug-likeness (QED) is 0.388. The molecule has 0 saturated carbocycles. The van der Waals surface area contributed by atoms with Crippen LogP contribution in [0.25, 0.3) is 11.3 Å². The number of hydrogen-bond acceptors (Lipinski definition) is 5. The van der Waals surface area contributed by atoms with Crippen molar-refractivity contribution < 1.29 is 9.32 Å². The highest BCUT2D eigenvalue weighted by molar-refractivity contribution is 7.16. The molecule has 0 aliphatic heterocycles. The Labute approximate surface area is 207 Å². The Morgan fingerprint density at radius 3 is 2.70 bits per heavy atom. The number of fused-ring (bicyclic) bond motifs is 1. The fourth-order valence-corrected chi connectivity index (χ4v) is 6.30. The van der Waals surface area contributed by atoms with E-state index in [-0.39, 0.29) is 16.7 Å². The number of nitrogens with zero attached hydrogens (tertiary/aromatic N) is 2. The summed E-state index contributed by atoms with van der Waals surface area (Å²) in [4.78, 5) is 14.6. The number of benzene rings is 1. The molecule has 0 saturated heterocycles. The maximum Gasteiger partial charge on any atom is 0.262 e. The summed E-state index contributed by atoms with van der Waals surface area (Å²) < 4.78 is 5.33. The number of carbonyl (C=O) groups excluding carboxylic acids is 1. The molecule has 0 fully saturated rings. The van der Waals surface area contributed by atoms with Crippen molar-refractivity contribution in [1.29, 1.82) is 5.26 Å². The summed E-state index contributed by atoms with van der Waals surface area (Å²) in [5.41, 5.74) is 2.84. The fourth-order valence-electron chi connectivity index (χ4n) is 4.45. The molecular weight excluding hydrogens is 477 g/mol. The first-order chi connectivity index (χ1) is 15.7. The Morgan fingerprint density at radius 1 is 1.36 bits per heavy atom. The van der Waals surface area contributed by atoms with E-state index in [2.05, 4.69) is 37.3 Å².